The molecule has 1 fully saturated rings. The van der Waals surface area contributed by atoms with Crippen molar-refractivity contribution in [3.8, 4) is 16.9 Å². The Bertz CT molecular complexity index is 1490. The highest BCUT2D eigenvalue weighted by Gasteiger charge is 2.41. The summed E-state index contributed by atoms with van der Waals surface area (Å²) >= 11 is -0.615. The Morgan fingerprint density at radius 3 is 2.55 bits per heavy atom. The van der Waals surface area contributed by atoms with E-state index in [2.05, 4.69) is 66.2 Å². The molecule has 1 N–H and O–H groups in total. The van der Waals surface area contributed by atoms with Crippen molar-refractivity contribution in [2.24, 2.45) is 17.8 Å². The fourth-order valence-corrected chi connectivity index (χ4v) is 7.00. The minimum absolute atomic E-state index is 0.192. The first-order valence-electron chi connectivity index (χ1n) is 13.1. The van der Waals surface area contributed by atoms with Gasteiger partial charge in [0, 0.05) is 11.6 Å². The van der Waals surface area contributed by atoms with Gasteiger partial charge in [0.05, 0.1) is 24.7 Å². The molecule has 2 heterocycles. The van der Waals surface area contributed by atoms with Gasteiger partial charge in [-0.25, -0.2) is 9.78 Å². The maximum atomic E-state index is 12.1. The number of aromatic nitrogens is 4. The number of rotatable bonds is 7. The van der Waals surface area contributed by atoms with Gasteiger partial charge >= 0.3 is 5.69 Å². The number of hydrogen-bond acceptors (Lipinski definition) is 8. The van der Waals surface area contributed by atoms with Gasteiger partial charge in [-0.2, -0.15) is 13.8 Å². The van der Waals surface area contributed by atoms with Crippen LogP contribution in [0.4, 0.5) is 0 Å². The molecule has 2 aromatic carbocycles. The van der Waals surface area contributed by atoms with E-state index < -0.39 is 16.3 Å². The summed E-state index contributed by atoms with van der Waals surface area (Å²) in [7, 11) is 1.69. The molecule has 40 heavy (non-hydrogen) atoms. The molecule has 0 bridgehead atoms. The average molecular weight is 568 g/mol. The monoisotopic (exact) mass is 567 g/mol. The van der Waals surface area contributed by atoms with Crippen molar-refractivity contribution in [1.82, 2.24) is 19.6 Å². The van der Waals surface area contributed by atoms with Crippen LogP contribution in [-0.2, 0) is 15.4 Å². The van der Waals surface area contributed by atoms with E-state index in [9.17, 15) is 4.79 Å². The molecule has 11 nitrogen and oxygen atoms in total. The van der Waals surface area contributed by atoms with Crippen LogP contribution in [0.25, 0.3) is 16.8 Å². The molecule has 0 amide bonds. The van der Waals surface area contributed by atoms with Crippen molar-refractivity contribution in [3.05, 3.63) is 86.9 Å². The Morgan fingerprint density at radius 1 is 1.15 bits per heavy atom. The zero-order valence-corrected chi connectivity index (χ0v) is 23.7. The number of nitrogens with one attached hydrogen (secondary N) is 1. The van der Waals surface area contributed by atoms with Crippen LogP contribution >= 0.6 is 0 Å². The third-order valence-electron chi connectivity index (χ3n) is 7.12. The summed E-state index contributed by atoms with van der Waals surface area (Å²) in [6.45, 7) is 6.95. The van der Waals surface area contributed by atoms with Crippen molar-refractivity contribution in [2.75, 3.05) is 7.11 Å². The Morgan fingerprint density at radius 2 is 1.88 bits per heavy atom. The summed E-state index contributed by atoms with van der Waals surface area (Å²) in [6, 6.07) is 16.5. The van der Waals surface area contributed by atoms with Gasteiger partial charge in [0.15, 0.2) is 16.3 Å². The van der Waals surface area contributed by atoms with Gasteiger partial charge in [-0.05, 0) is 60.4 Å². The second kappa shape index (κ2) is 13.0. The van der Waals surface area contributed by atoms with E-state index in [1.165, 1.54) is 23.7 Å². The second-order valence-electron chi connectivity index (χ2n) is 10.1. The third-order valence-corrected chi connectivity index (χ3v) is 9.00. The Hall–Kier alpha value is -3.90. The maximum Gasteiger partial charge on any atom is 0.349 e. The van der Waals surface area contributed by atoms with E-state index in [4.69, 9.17) is 24.2 Å². The van der Waals surface area contributed by atoms with Crippen LogP contribution in [-0.4, -0.2) is 37.9 Å². The number of benzene rings is 2. The fourth-order valence-electron chi connectivity index (χ4n) is 5.14. The highest BCUT2D eigenvalue weighted by atomic mass is 32.2. The number of nitrogens with zero attached hydrogens (tertiary/aromatic N) is 4. The van der Waals surface area contributed by atoms with Gasteiger partial charge in [0.25, 0.3) is 0 Å². The van der Waals surface area contributed by atoms with E-state index in [-0.39, 0.29) is 11.8 Å². The summed E-state index contributed by atoms with van der Waals surface area (Å²) in [5, 5.41) is 19.0. The van der Waals surface area contributed by atoms with E-state index in [0.29, 0.717) is 23.4 Å². The molecular formula is C28H33N5O6S. The van der Waals surface area contributed by atoms with Crippen LogP contribution in [0.5, 0.6) is 5.75 Å². The molecule has 4 atom stereocenters. The SMILES string of the molecule is COc1cc(-c2cnn3c(=O)[nH]cnc23)ccc1[S+](O[C@@H]1C[C@H](C)CC[C@H]1C(C)C)c1ccccc1.O=[N+]([O-])[O-]. The average Bonchev–Trinajstić information content (AvgIpc) is 3.37. The van der Waals surface area contributed by atoms with Crippen molar-refractivity contribution in [1.29, 1.82) is 0 Å². The van der Waals surface area contributed by atoms with Crippen molar-refractivity contribution >= 4 is 16.8 Å². The predicted octanol–water partition coefficient (Wildman–Crippen LogP) is 5.28. The van der Waals surface area contributed by atoms with Gasteiger partial charge in [0.2, 0.25) is 16.1 Å². The molecule has 0 aliphatic heterocycles. The molecule has 1 aliphatic rings. The number of aromatic amines is 1. The fraction of sp³-hybridized carbons (Fsp3) is 0.393. The molecule has 1 unspecified atom stereocenters. The van der Waals surface area contributed by atoms with Crippen LogP contribution in [0.3, 0.4) is 0 Å². The standard InChI is InChI=1S/C28H32N4O3S.NO3/c1-18(2)22-12-10-19(3)14-24(22)35-36(21-8-6-5-7-9-21)26-13-11-20(15-25(26)34-4)23-16-31-32-27(23)29-17-30-28(32)33;2-1(3)4/h5-9,11,13,15-19,22,24H,10,12,14H2,1-4H3;/q;-1/p+1/t19-,22+,24-,36?;/m1./s1. The molecule has 2 aromatic heterocycles. The van der Waals surface area contributed by atoms with Crippen LogP contribution in [0.2, 0.25) is 0 Å². The summed E-state index contributed by atoms with van der Waals surface area (Å²) < 4.78 is 14.2. The molecule has 0 spiro atoms. The molecule has 0 saturated heterocycles. The van der Waals surface area contributed by atoms with Crippen molar-refractivity contribution in [3.63, 3.8) is 0 Å². The minimum Gasteiger partial charge on any atom is -0.491 e. The molecule has 1 aliphatic carbocycles. The lowest BCUT2D eigenvalue weighted by Crippen LogP contribution is -2.36. The van der Waals surface area contributed by atoms with Gasteiger partial charge < -0.3 is 20.1 Å². The molecule has 5 rings (SSSR count). The van der Waals surface area contributed by atoms with Crippen molar-refractivity contribution in [2.45, 2.75) is 55.9 Å². The number of methoxy groups -OCH3 is 1. The Labute approximate surface area is 234 Å². The van der Waals surface area contributed by atoms with E-state index in [0.717, 1.165) is 33.1 Å². The first-order chi connectivity index (χ1) is 19.2. The van der Waals surface area contributed by atoms with E-state index in [1.807, 2.05) is 18.2 Å². The lowest BCUT2D eigenvalue weighted by atomic mass is 9.75. The van der Waals surface area contributed by atoms with Gasteiger partial charge in [-0.15, -0.1) is 0 Å². The van der Waals surface area contributed by atoms with Crippen LogP contribution in [0.15, 0.2) is 75.6 Å². The maximum absolute atomic E-state index is 12.1. The smallest absolute Gasteiger partial charge is 0.349 e. The van der Waals surface area contributed by atoms with Gasteiger partial charge in [-0.3, -0.25) is 4.98 Å². The summed E-state index contributed by atoms with van der Waals surface area (Å²) in [5.41, 5.74) is 1.83. The van der Waals surface area contributed by atoms with Crippen LogP contribution in [0.1, 0.15) is 40.0 Å². The second-order valence-corrected chi connectivity index (χ2v) is 11.8. The first-order valence-corrected chi connectivity index (χ1v) is 14.2. The lowest BCUT2D eigenvalue weighted by molar-refractivity contribution is -0.402. The van der Waals surface area contributed by atoms with Crippen LogP contribution < -0.4 is 10.4 Å². The molecule has 1 saturated carbocycles. The molecule has 4 aromatic rings. The van der Waals surface area contributed by atoms with E-state index in [1.54, 1.807) is 13.3 Å². The van der Waals surface area contributed by atoms with Crippen molar-refractivity contribution < 1.29 is 14.0 Å². The predicted molar refractivity (Wildman–Crippen MR) is 153 cm³/mol. The highest BCUT2D eigenvalue weighted by molar-refractivity contribution is 7.92. The summed E-state index contributed by atoms with van der Waals surface area (Å²) in [6.07, 6.45) is 6.78. The largest absolute Gasteiger partial charge is 0.491 e. The van der Waals surface area contributed by atoms with Gasteiger partial charge in [-0.1, -0.05) is 45.4 Å². The van der Waals surface area contributed by atoms with Gasteiger partial charge in [0.1, 0.15) is 6.10 Å². The normalized spacial score (nSPS) is 19.6. The zero-order valence-electron chi connectivity index (χ0n) is 22.9. The quantitative estimate of drug-likeness (QED) is 0.180. The number of ether oxygens (including phenoxy) is 1. The summed E-state index contributed by atoms with van der Waals surface area (Å²) in [4.78, 5) is 29.4. The minimum atomic E-state index is -1.75. The Balaban J connectivity index is 0.000000867. The zero-order chi connectivity index (χ0) is 28.8. The molecular weight excluding hydrogens is 534 g/mol. The highest BCUT2D eigenvalue weighted by Crippen LogP contribution is 2.41. The molecule has 0 radical (unpaired) electrons. The van der Waals surface area contributed by atoms with Crippen LogP contribution in [0, 0.1) is 33.1 Å². The summed E-state index contributed by atoms with van der Waals surface area (Å²) in [5.74, 6) is 2.50. The lowest BCUT2D eigenvalue weighted by Gasteiger charge is -2.35. The third kappa shape index (κ3) is 6.62. The number of fused-ring (bicyclic) bond motifs is 1. The number of hydrogen-bond donors (Lipinski definition) is 1. The Kier molecular flexibility index (Phi) is 9.43. The topological polar surface area (TPSA) is 148 Å². The first kappa shape index (κ1) is 29.1. The van der Waals surface area contributed by atoms with E-state index >= 15 is 0 Å². The molecule has 12 heteroatoms. The number of H-pyrrole nitrogens is 1. The molecule has 212 valence electrons.